The third kappa shape index (κ3) is 3.65. The lowest BCUT2D eigenvalue weighted by molar-refractivity contribution is 1.17. The first-order valence-corrected chi connectivity index (χ1v) is 16.5. The molecular formula is C40H23N3S2. The molecule has 0 atom stereocenters. The second kappa shape index (κ2) is 9.63. The van der Waals surface area contributed by atoms with Crippen LogP contribution in [0.5, 0.6) is 0 Å². The molecule has 0 unspecified atom stereocenters. The molecule has 7 aromatic carbocycles. The van der Waals surface area contributed by atoms with E-state index in [1.807, 2.05) is 35.6 Å². The second-order valence-electron chi connectivity index (χ2n) is 11.3. The minimum absolute atomic E-state index is 0.499. The summed E-state index contributed by atoms with van der Waals surface area (Å²) in [5.41, 5.74) is 6.15. The molecule has 3 nitrogen and oxygen atoms in total. The van der Waals surface area contributed by atoms with Crippen LogP contribution in [-0.4, -0.2) is 9.97 Å². The van der Waals surface area contributed by atoms with E-state index in [9.17, 15) is 1.37 Å². The van der Waals surface area contributed by atoms with Crippen LogP contribution < -0.4 is 4.31 Å². The number of anilines is 2. The van der Waals surface area contributed by atoms with Gasteiger partial charge in [0.05, 0.1) is 23.0 Å². The van der Waals surface area contributed by atoms with Crippen LogP contribution >= 0.6 is 23.3 Å². The number of thiophene rings is 1. The van der Waals surface area contributed by atoms with Gasteiger partial charge in [-0.15, -0.1) is 11.3 Å². The fourth-order valence-corrected chi connectivity index (χ4v) is 9.20. The molecule has 2 aromatic heterocycles. The van der Waals surface area contributed by atoms with E-state index in [1.165, 1.54) is 30.9 Å². The average Bonchev–Trinajstić information content (AvgIpc) is 3.51. The topological polar surface area (TPSA) is 29.0 Å². The van der Waals surface area contributed by atoms with Gasteiger partial charge in [-0.1, -0.05) is 121 Å². The van der Waals surface area contributed by atoms with Crippen LogP contribution in [0.1, 0.15) is 1.37 Å². The number of para-hydroxylation sites is 1. The van der Waals surface area contributed by atoms with E-state index in [2.05, 4.69) is 113 Å². The molecule has 3 heterocycles. The maximum Gasteiger partial charge on any atom is 0.241 e. The van der Waals surface area contributed by atoms with Crippen molar-refractivity contribution in [1.29, 1.82) is 0 Å². The molecule has 0 aliphatic carbocycles. The molecule has 10 rings (SSSR count). The van der Waals surface area contributed by atoms with E-state index in [1.54, 1.807) is 11.9 Å². The molecule has 1 aliphatic heterocycles. The number of hydrogen-bond donors (Lipinski definition) is 0. The fourth-order valence-electron chi connectivity index (χ4n) is 6.84. The maximum atomic E-state index is 9.31. The van der Waals surface area contributed by atoms with Crippen LogP contribution in [0.2, 0.25) is 0 Å². The number of aromatic nitrogens is 2. The molecule has 45 heavy (non-hydrogen) atoms. The van der Waals surface area contributed by atoms with Gasteiger partial charge in [0, 0.05) is 42.4 Å². The van der Waals surface area contributed by atoms with Crippen molar-refractivity contribution in [3.63, 3.8) is 0 Å². The Labute approximate surface area is 269 Å². The standard InChI is InChI=1S/C40H23N3S2/c1-2-13-25(14-3-1)37-29-18-8-10-20-31(29)41-40(42-37)43-38-36(35-26-15-5-4-12-24(26)22-23-33(35)45-43)28-17-7-6-16-27(28)34-30-19-9-11-21-32(30)44-39(34)38/h1-23H/i23D. The summed E-state index contributed by atoms with van der Waals surface area (Å²) in [6.45, 7) is 0. The summed E-state index contributed by atoms with van der Waals surface area (Å²) < 4.78 is 14.0. The third-order valence-electron chi connectivity index (χ3n) is 8.79. The number of hydrogen-bond acceptors (Lipinski definition) is 5. The Balaban J connectivity index is 1.40. The van der Waals surface area contributed by atoms with Crippen molar-refractivity contribution in [3.8, 4) is 22.4 Å². The van der Waals surface area contributed by atoms with Gasteiger partial charge in [0.1, 0.15) is 0 Å². The average molecular weight is 611 g/mol. The Morgan fingerprint density at radius 2 is 1.27 bits per heavy atom. The first kappa shape index (κ1) is 24.1. The molecule has 0 saturated heterocycles. The summed E-state index contributed by atoms with van der Waals surface area (Å²) in [6.07, 6.45) is 0. The predicted octanol–water partition coefficient (Wildman–Crippen LogP) is 11.8. The molecule has 0 bridgehead atoms. The molecule has 5 heteroatoms. The van der Waals surface area contributed by atoms with Gasteiger partial charge in [0.2, 0.25) is 5.95 Å². The minimum atomic E-state index is 0.499. The van der Waals surface area contributed by atoms with E-state index in [-0.39, 0.29) is 0 Å². The summed E-state index contributed by atoms with van der Waals surface area (Å²) in [6, 6.07) is 47.0. The molecule has 0 N–H and O–H groups in total. The van der Waals surface area contributed by atoms with Crippen LogP contribution in [-0.2, 0) is 0 Å². The zero-order valence-electron chi connectivity index (χ0n) is 24.9. The van der Waals surface area contributed by atoms with Crippen LogP contribution in [0.3, 0.4) is 0 Å². The fraction of sp³-hybridized carbons (Fsp3) is 0. The largest absolute Gasteiger partial charge is 0.246 e. The molecule has 1 aliphatic rings. The van der Waals surface area contributed by atoms with Gasteiger partial charge in [-0.2, -0.15) is 0 Å². The summed E-state index contributed by atoms with van der Waals surface area (Å²) in [5.74, 6) is 0.607. The van der Waals surface area contributed by atoms with Gasteiger partial charge >= 0.3 is 0 Å². The van der Waals surface area contributed by atoms with E-state index in [4.69, 9.17) is 9.97 Å². The highest BCUT2D eigenvalue weighted by molar-refractivity contribution is 8.01. The molecule has 9 aromatic rings. The van der Waals surface area contributed by atoms with Crippen molar-refractivity contribution in [2.45, 2.75) is 4.90 Å². The SMILES string of the molecule is [2H]c1cc2ccccc2c2c1SN(c1nc(-c3ccccc3)c3ccccc3n1)c1c-2c2ccccc2c2c1sc1ccccc12. The van der Waals surface area contributed by atoms with Crippen LogP contribution in [0.15, 0.2) is 144 Å². The highest BCUT2D eigenvalue weighted by atomic mass is 32.2. The molecule has 0 fully saturated rings. The van der Waals surface area contributed by atoms with Crippen molar-refractivity contribution in [2.75, 3.05) is 4.31 Å². The minimum Gasteiger partial charge on any atom is -0.246 e. The molecule has 210 valence electrons. The van der Waals surface area contributed by atoms with Gasteiger partial charge in [-0.25, -0.2) is 14.3 Å². The smallest absolute Gasteiger partial charge is 0.241 e. The zero-order valence-corrected chi connectivity index (χ0v) is 25.5. The lowest BCUT2D eigenvalue weighted by Gasteiger charge is -2.32. The Bertz CT molecular complexity index is 2700. The molecular weight excluding hydrogens is 587 g/mol. The second-order valence-corrected chi connectivity index (χ2v) is 13.3. The quantitative estimate of drug-likeness (QED) is 0.182. The Morgan fingerprint density at radius 1 is 0.578 bits per heavy atom. The number of rotatable bonds is 2. The van der Waals surface area contributed by atoms with Crippen molar-refractivity contribution in [2.24, 2.45) is 0 Å². The first-order valence-electron chi connectivity index (χ1n) is 15.4. The van der Waals surface area contributed by atoms with E-state index in [0.717, 1.165) is 54.6 Å². The van der Waals surface area contributed by atoms with Gasteiger partial charge in [-0.05, 0) is 51.7 Å². The van der Waals surface area contributed by atoms with Gasteiger partial charge < -0.3 is 0 Å². The van der Waals surface area contributed by atoms with Crippen molar-refractivity contribution in [1.82, 2.24) is 9.97 Å². The van der Waals surface area contributed by atoms with Crippen molar-refractivity contribution in [3.05, 3.63) is 140 Å². The van der Waals surface area contributed by atoms with Gasteiger partial charge in [0.25, 0.3) is 0 Å². The lowest BCUT2D eigenvalue weighted by atomic mass is 9.90. The zero-order chi connectivity index (χ0) is 30.4. The van der Waals surface area contributed by atoms with Crippen LogP contribution in [0.4, 0.5) is 11.6 Å². The number of benzene rings is 7. The number of nitrogens with zero attached hydrogens (tertiary/aromatic N) is 3. The van der Waals surface area contributed by atoms with Crippen molar-refractivity contribution < 1.29 is 1.37 Å². The molecule has 0 amide bonds. The highest BCUT2D eigenvalue weighted by Crippen LogP contribution is 2.59. The van der Waals surface area contributed by atoms with Crippen LogP contribution in [0.25, 0.3) is 75.0 Å². The van der Waals surface area contributed by atoms with Gasteiger partial charge in [0.15, 0.2) is 0 Å². The number of fused-ring (bicyclic) bond motifs is 13. The predicted molar refractivity (Wildman–Crippen MR) is 193 cm³/mol. The highest BCUT2D eigenvalue weighted by Gasteiger charge is 2.33. The summed E-state index contributed by atoms with van der Waals surface area (Å²) >= 11 is 3.39. The monoisotopic (exact) mass is 610 g/mol. The Morgan fingerprint density at radius 3 is 2.13 bits per heavy atom. The summed E-state index contributed by atoms with van der Waals surface area (Å²) in [5, 5.41) is 8.12. The molecule has 0 spiro atoms. The first-order chi connectivity index (χ1) is 22.7. The van der Waals surface area contributed by atoms with E-state index < -0.39 is 0 Å². The van der Waals surface area contributed by atoms with Crippen molar-refractivity contribution >= 4 is 87.5 Å². The maximum absolute atomic E-state index is 9.31. The van der Waals surface area contributed by atoms with Gasteiger partial charge in [-0.3, -0.25) is 0 Å². The van der Waals surface area contributed by atoms with Crippen LogP contribution in [0, 0.1) is 0 Å². The Hall–Kier alpha value is -5.23. The third-order valence-corrected chi connectivity index (χ3v) is 11.0. The normalized spacial score (nSPS) is 13.1. The summed E-state index contributed by atoms with van der Waals surface area (Å²) in [4.78, 5) is 11.5. The molecule has 0 radical (unpaired) electrons. The molecule has 0 saturated carbocycles. The Kier molecular flexibility index (Phi) is 5.17. The lowest BCUT2D eigenvalue weighted by Crippen LogP contribution is -2.16. The van der Waals surface area contributed by atoms with E-state index >= 15 is 0 Å². The van der Waals surface area contributed by atoms with E-state index in [0.29, 0.717) is 12.0 Å². The summed E-state index contributed by atoms with van der Waals surface area (Å²) in [7, 11) is 0.